The number of hydrogen-bond acceptors (Lipinski definition) is 2. The quantitative estimate of drug-likeness (QED) is 0.853. The number of aromatic nitrogens is 2. The third-order valence-corrected chi connectivity index (χ3v) is 3.36. The van der Waals surface area contributed by atoms with Crippen LogP contribution in [0.3, 0.4) is 0 Å². The molecule has 0 saturated heterocycles. The van der Waals surface area contributed by atoms with Gasteiger partial charge in [-0.25, -0.2) is 9.78 Å². The Kier molecular flexibility index (Phi) is 4.10. The second kappa shape index (κ2) is 5.61. The first-order chi connectivity index (χ1) is 9.02. The molecule has 0 amide bonds. The Balaban J connectivity index is 2.46. The van der Waals surface area contributed by atoms with Crippen LogP contribution in [0.2, 0.25) is 0 Å². The van der Waals surface area contributed by atoms with E-state index in [9.17, 15) is 4.79 Å². The highest BCUT2D eigenvalue weighted by Gasteiger charge is 2.12. The average molecular weight is 281 g/mol. The molecule has 0 fully saturated rings. The fraction of sp³-hybridized carbons (Fsp3) is 0.429. The minimum atomic E-state index is -0.939. The second-order valence-corrected chi connectivity index (χ2v) is 5.27. The van der Waals surface area contributed by atoms with E-state index >= 15 is 0 Å². The van der Waals surface area contributed by atoms with Crippen molar-refractivity contribution < 1.29 is 9.90 Å². The van der Waals surface area contributed by atoms with Crippen LogP contribution in [0, 0.1) is 5.92 Å². The Morgan fingerprint density at radius 1 is 1.47 bits per heavy atom. The van der Waals surface area contributed by atoms with Crippen molar-refractivity contribution in [1.29, 1.82) is 0 Å². The minimum absolute atomic E-state index is 0.252. The lowest BCUT2D eigenvalue weighted by Gasteiger charge is -2.09. The van der Waals surface area contributed by atoms with E-state index in [1.165, 1.54) is 0 Å². The number of alkyl halides is 1. The first-order valence-electron chi connectivity index (χ1n) is 6.31. The number of carbonyl (C=O) groups is 1. The molecule has 0 radical (unpaired) electrons. The van der Waals surface area contributed by atoms with Crippen LogP contribution >= 0.6 is 11.6 Å². The van der Waals surface area contributed by atoms with Crippen LogP contribution in [-0.4, -0.2) is 20.6 Å². The summed E-state index contributed by atoms with van der Waals surface area (Å²) in [5, 5.41) is 8.99. The van der Waals surface area contributed by atoms with Gasteiger partial charge in [0.2, 0.25) is 0 Å². The van der Waals surface area contributed by atoms with Crippen LogP contribution in [0.1, 0.15) is 36.5 Å². The van der Waals surface area contributed by atoms with Gasteiger partial charge in [-0.05, 0) is 30.5 Å². The standard InChI is InChI=1S/C14H17ClN2O2/c1-9(2)5-6-17-12-4-3-10(14(18)19)7-11(12)16-13(17)8-15/h3-4,7,9H,5-6,8H2,1-2H3,(H,18,19). The number of hydrogen-bond donors (Lipinski definition) is 1. The fourth-order valence-corrected chi connectivity index (χ4v) is 2.26. The molecule has 0 aliphatic rings. The number of nitrogens with zero attached hydrogens (tertiary/aromatic N) is 2. The van der Waals surface area contributed by atoms with Crippen molar-refractivity contribution in [2.75, 3.05) is 0 Å². The molecule has 2 rings (SSSR count). The summed E-state index contributed by atoms with van der Waals surface area (Å²) in [6.45, 7) is 5.19. The van der Waals surface area contributed by atoms with Crippen molar-refractivity contribution >= 4 is 28.6 Å². The lowest BCUT2D eigenvalue weighted by Crippen LogP contribution is -2.05. The number of aryl methyl sites for hydroxylation is 1. The molecule has 1 aromatic carbocycles. The van der Waals surface area contributed by atoms with E-state index in [0.717, 1.165) is 24.3 Å². The number of aromatic carboxylic acids is 1. The molecule has 1 aromatic heterocycles. The third-order valence-electron chi connectivity index (χ3n) is 3.12. The first kappa shape index (κ1) is 13.9. The van der Waals surface area contributed by atoms with Crippen LogP contribution in [0.5, 0.6) is 0 Å². The normalized spacial score (nSPS) is 11.4. The lowest BCUT2D eigenvalue weighted by molar-refractivity contribution is 0.0697. The van der Waals surface area contributed by atoms with Gasteiger partial charge in [-0.2, -0.15) is 0 Å². The molecule has 0 unspecified atom stereocenters. The number of halogens is 1. The zero-order valence-corrected chi connectivity index (χ0v) is 11.8. The monoisotopic (exact) mass is 280 g/mol. The molecule has 0 aliphatic carbocycles. The maximum absolute atomic E-state index is 11.0. The molecule has 0 bridgehead atoms. The summed E-state index contributed by atoms with van der Waals surface area (Å²) in [4.78, 5) is 15.4. The van der Waals surface area contributed by atoms with Gasteiger partial charge in [0, 0.05) is 6.54 Å². The van der Waals surface area contributed by atoms with Crippen LogP contribution in [0.25, 0.3) is 11.0 Å². The molecule has 1 N–H and O–H groups in total. The van der Waals surface area contributed by atoms with Crippen molar-refractivity contribution in [3.63, 3.8) is 0 Å². The molecule has 5 heteroatoms. The van der Waals surface area contributed by atoms with Gasteiger partial charge in [0.1, 0.15) is 5.82 Å². The van der Waals surface area contributed by atoms with E-state index in [4.69, 9.17) is 16.7 Å². The smallest absolute Gasteiger partial charge is 0.335 e. The summed E-state index contributed by atoms with van der Waals surface area (Å²) in [5.41, 5.74) is 1.89. The average Bonchev–Trinajstić information content (AvgIpc) is 2.72. The number of carboxylic acids is 1. The highest BCUT2D eigenvalue weighted by atomic mass is 35.5. The minimum Gasteiger partial charge on any atom is -0.478 e. The van der Waals surface area contributed by atoms with Gasteiger partial charge in [-0.1, -0.05) is 13.8 Å². The van der Waals surface area contributed by atoms with Gasteiger partial charge in [0.15, 0.2) is 0 Å². The summed E-state index contributed by atoms with van der Waals surface area (Å²) in [7, 11) is 0. The van der Waals surface area contributed by atoms with Crippen LogP contribution in [-0.2, 0) is 12.4 Å². The summed E-state index contributed by atoms with van der Waals surface area (Å²) >= 11 is 5.92. The van der Waals surface area contributed by atoms with Crippen LogP contribution in [0.15, 0.2) is 18.2 Å². The van der Waals surface area contributed by atoms with Gasteiger partial charge in [-0.3, -0.25) is 0 Å². The Bertz CT molecular complexity index is 605. The first-order valence-corrected chi connectivity index (χ1v) is 6.84. The predicted molar refractivity (Wildman–Crippen MR) is 75.7 cm³/mol. The van der Waals surface area contributed by atoms with Gasteiger partial charge in [-0.15, -0.1) is 11.6 Å². The molecular weight excluding hydrogens is 264 g/mol. The molecule has 19 heavy (non-hydrogen) atoms. The van der Waals surface area contributed by atoms with Gasteiger partial charge in [0.25, 0.3) is 0 Å². The SMILES string of the molecule is CC(C)CCn1c(CCl)nc2cc(C(=O)O)ccc21. The molecule has 102 valence electrons. The zero-order chi connectivity index (χ0) is 14.0. The van der Waals surface area contributed by atoms with Gasteiger partial charge >= 0.3 is 5.97 Å². The second-order valence-electron chi connectivity index (χ2n) is 5.00. The van der Waals surface area contributed by atoms with Crippen molar-refractivity contribution in [2.45, 2.75) is 32.7 Å². The maximum atomic E-state index is 11.0. The molecule has 0 saturated carbocycles. The van der Waals surface area contributed by atoms with E-state index in [-0.39, 0.29) is 5.56 Å². The number of rotatable bonds is 5. The van der Waals surface area contributed by atoms with Crippen molar-refractivity contribution in [3.8, 4) is 0 Å². The molecular formula is C14H17ClN2O2. The Morgan fingerprint density at radius 2 is 2.21 bits per heavy atom. The summed E-state index contributed by atoms with van der Waals surface area (Å²) in [6, 6.07) is 5.01. The van der Waals surface area contributed by atoms with Gasteiger partial charge < -0.3 is 9.67 Å². The van der Waals surface area contributed by atoms with E-state index in [1.807, 2.05) is 6.07 Å². The van der Waals surface area contributed by atoms with E-state index in [0.29, 0.717) is 17.3 Å². The molecule has 0 aliphatic heterocycles. The number of benzene rings is 1. The molecule has 2 aromatic rings. The van der Waals surface area contributed by atoms with Gasteiger partial charge in [0.05, 0.1) is 22.5 Å². The summed E-state index contributed by atoms with van der Waals surface area (Å²) in [5.74, 6) is 0.777. The fourth-order valence-electron chi connectivity index (χ4n) is 2.05. The lowest BCUT2D eigenvalue weighted by atomic mass is 10.1. The maximum Gasteiger partial charge on any atom is 0.335 e. The molecule has 0 spiro atoms. The molecule has 0 atom stereocenters. The third kappa shape index (κ3) is 2.89. The Hall–Kier alpha value is -1.55. The van der Waals surface area contributed by atoms with E-state index in [1.54, 1.807) is 12.1 Å². The highest BCUT2D eigenvalue weighted by Crippen LogP contribution is 2.20. The van der Waals surface area contributed by atoms with Crippen molar-refractivity contribution in [2.24, 2.45) is 5.92 Å². The largest absolute Gasteiger partial charge is 0.478 e. The van der Waals surface area contributed by atoms with Crippen LogP contribution < -0.4 is 0 Å². The Labute approximate surface area is 117 Å². The highest BCUT2D eigenvalue weighted by molar-refractivity contribution is 6.16. The number of fused-ring (bicyclic) bond motifs is 1. The molecule has 4 nitrogen and oxygen atoms in total. The van der Waals surface area contributed by atoms with E-state index in [2.05, 4.69) is 23.4 Å². The summed E-state index contributed by atoms with van der Waals surface area (Å²) < 4.78 is 2.08. The predicted octanol–water partition coefficient (Wildman–Crippen LogP) is 3.52. The van der Waals surface area contributed by atoms with Crippen molar-refractivity contribution in [3.05, 3.63) is 29.6 Å². The summed E-state index contributed by atoms with van der Waals surface area (Å²) in [6.07, 6.45) is 1.04. The Morgan fingerprint density at radius 3 is 2.79 bits per heavy atom. The number of imidazole rings is 1. The van der Waals surface area contributed by atoms with Crippen LogP contribution in [0.4, 0.5) is 0 Å². The zero-order valence-electron chi connectivity index (χ0n) is 11.1. The number of carboxylic acid groups (broad SMARTS) is 1. The topological polar surface area (TPSA) is 55.1 Å². The molecule has 1 heterocycles. The van der Waals surface area contributed by atoms with E-state index < -0.39 is 5.97 Å². The van der Waals surface area contributed by atoms with Crippen molar-refractivity contribution in [1.82, 2.24) is 9.55 Å².